The second kappa shape index (κ2) is 4.97. The topological polar surface area (TPSA) is 55.9 Å². The fourth-order valence-corrected chi connectivity index (χ4v) is 2.20. The Morgan fingerprint density at radius 1 is 1.56 bits per heavy atom. The molecule has 1 aromatic heterocycles. The first-order chi connectivity index (χ1) is 7.70. The van der Waals surface area contributed by atoms with Gasteiger partial charge in [0.15, 0.2) is 0 Å². The van der Waals surface area contributed by atoms with Crippen LogP contribution in [-0.2, 0) is 6.42 Å². The van der Waals surface area contributed by atoms with Gasteiger partial charge in [-0.1, -0.05) is 6.42 Å². The Hall–Kier alpha value is -0.870. The lowest BCUT2D eigenvalue weighted by Crippen LogP contribution is -2.45. The molecular formula is C12H22N4. The van der Waals surface area contributed by atoms with Gasteiger partial charge < -0.3 is 0 Å². The van der Waals surface area contributed by atoms with Crippen LogP contribution in [0, 0.1) is 5.92 Å². The van der Waals surface area contributed by atoms with E-state index >= 15 is 0 Å². The number of nitrogens with two attached hydrogens (primary N) is 1. The van der Waals surface area contributed by atoms with Crippen molar-refractivity contribution in [2.24, 2.45) is 11.8 Å². The summed E-state index contributed by atoms with van der Waals surface area (Å²) in [6.07, 6.45) is 6.96. The quantitative estimate of drug-likeness (QED) is 0.588. The Balaban J connectivity index is 1.95. The summed E-state index contributed by atoms with van der Waals surface area (Å²) in [4.78, 5) is 0. The van der Waals surface area contributed by atoms with Gasteiger partial charge in [0.2, 0.25) is 0 Å². The molecule has 0 bridgehead atoms. The molecule has 1 fully saturated rings. The molecule has 1 atom stereocenters. The third-order valence-corrected chi connectivity index (χ3v) is 3.55. The van der Waals surface area contributed by atoms with Crippen LogP contribution in [-0.4, -0.2) is 15.8 Å². The normalized spacial score (nSPS) is 18.8. The lowest BCUT2D eigenvalue weighted by atomic mass is 9.78. The molecule has 0 saturated heterocycles. The van der Waals surface area contributed by atoms with Crippen LogP contribution in [0.15, 0.2) is 12.3 Å². The van der Waals surface area contributed by atoms with Crippen molar-refractivity contribution in [3.8, 4) is 0 Å². The Morgan fingerprint density at radius 3 is 2.75 bits per heavy atom. The zero-order chi connectivity index (χ0) is 11.5. The molecule has 1 unspecified atom stereocenters. The van der Waals surface area contributed by atoms with Gasteiger partial charge in [0, 0.05) is 24.7 Å². The van der Waals surface area contributed by atoms with Crippen molar-refractivity contribution in [2.45, 2.75) is 51.6 Å². The van der Waals surface area contributed by atoms with Crippen molar-refractivity contribution in [3.05, 3.63) is 18.0 Å². The predicted octanol–water partition coefficient (Wildman–Crippen LogP) is 1.64. The summed E-state index contributed by atoms with van der Waals surface area (Å²) in [6, 6.07) is 2.93. The highest BCUT2D eigenvalue weighted by Crippen LogP contribution is 2.30. The van der Waals surface area contributed by atoms with E-state index in [0.29, 0.717) is 12.1 Å². The zero-order valence-electron chi connectivity index (χ0n) is 10.2. The van der Waals surface area contributed by atoms with Crippen LogP contribution >= 0.6 is 0 Å². The van der Waals surface area contributed by atoms with Gasteiger partial charge in [0.1, 0.15) is 0 Å². The minimum absolute atomic E-state index is 0.393. The SMILES string of the molecule is CC(C)n1ccc(CC(NN)C2CCC2)n1. The van der Waals surface area contributed by atoms with E-state index in [4.69, 9.17) is 5.84 Å². The molecular weight excluding hydrogens is 200 g/mol. The Bertz CT molecular complexity index is 328. The van der Waals surface area contributed by atoms with Crippen molar-refractivity contribution in [1.82, 2.24) is 15.2 Å². The van der Waals surface area contributed by atoms with E-state index in [1.807, 2.05) is 10.9 Å². The van der Waals surface area contributed by atoms with Gasteiger partial charge in [0.25, 0.3) is 0 Å². The summed E-state index contributed by atoms with van der Waals surface area (Å²) in [7, 11) is 0. The van der Waals surface area contributed by atoms with E-state index in [-0.39, 0.29) is 0 Å². The van der Waals surface area contributed by atoms with Gasteiger partial charge in [-0.3, -0.25) is 16.0 Å². The van der Waals surface area contributed by atoms with Crippen LogP contribution in [0.3, 0.4) is 0 Å². The standard InChI is InChI=1S/C12H22N4/c1-9(2)16-7-6-11(15-16)8-12(14-13)10-4-3-5-10/h6-7,9-10,12,14H,3-5,8,13H2,1-2H3. The summed E-state index contributed by atoms with van der Waals surface area (Å²) >= 11 is 0. The molecule has 1 saturated carbocycles. The third-order valence-electron chi connectivity index (χ3n) is 3.55. The summed E-state index contributed by atoms with van der Waals surface area (Å²) in [5, 5.41) is 4.56. The smallest absolute Gasteiger partial charge is 0.0640 e. The molecule has 1 aromatic rings. The molecule has 90 valence electrons. The molecule has 0 spiro atoms. The van der Waals surface area contributed by atoms with Crippen LogP contribution in [0.1, 0.15) is 44.8 Å². The van der Waals surface area contributed by atoms with Crippen LogP contribution in [0.5, 0.6) is 0 Å². The van der Waals surface area contributed by atoms with E-state index < -0.39 is 0 Å². The lowest BCUT2D eigenvalue weighted by molar-refractivity contribution is 0.227. The van der Waals surface area contributed by atoms with Gasteiger partial charge in [-0.05, 0) is 38.7 Å². The number of hydrogen-bond acceptors (Lipinski definition) is 3. The molecule has 1 aliphatic rings. The largest absolute Gasteiger partial charge is 0.271 e. The number of nitrogens with one attached hydrogen (secondary N) is 1. The predicted molar refractivity (Wildman–Crippen MR) is 64.8 cm³/mol. The van der Waals surface area contributed by atoms with E-state index in [1.165, 1.54) is 19.3 Å². The summed E-state index contributed by atoms with van der Waals surface area (Å²) in [5.41, 5.74) is 4.08. The van der Waals surface area contributed by atoms with Crippen molar-refractivity contribution < 1.29 is 0 Å². The van der Waals surface area contributed by atoms with Gasteiger partial charge in [0.05, 0.1) is 5.69 Å². The van der Waals surface area contributed by atoms with E-state index in [0.717, 1.165) is 18.0 Å². The number of rotatable bonds is 5. The average molecular weight is 222 g/mol. The van der Waals surface area contributed by atoms with E-state index in [2.05, 4.69) is 30.4 Å². The molecule has 0 amide bonds. The average Bonchev–Trinajstić information content (AvgIpc) is 2.62. The number of hydrazine groups is 1. The van der Waals surface area contributed by atoms with Gasteiger partial charge in [-0.25, -0.2) is 0 Å². The second-order valence-electron chi connectivity index (χ2n) is 5.05. The van der Waals surface area contributed by atoms with Gasteiger partial charge in [-0.15, -0.1) is 0 Å². The van der Waals surface area contributed by atoms with Crippen molar-refractivity contribution in [3.63, 3.8) is 0 Å². The summed E-state index contributed by atoms with van der Waals surface area (Å²) in [6.45, 7) is 4.28. The molecule has 0 aliphatic heterocycles. The molecule has 1 aliphatic carbocycles. The first-order valence-electron chi connectivity index (χ1n) is 6.21. The molecule has 4 nitrogen and oxygen atoms in total. The third kappa shape index (κ3) is 2.44. The molecule has 2 rings (SSSR count). The van der Waals surface area contributed by atoms with Crippen molar-refractivity contribution in [2.75, 3.05) is 0 Å². The second-order valence-corrected chi connectivity index (χ2v) is 5.05. The zero-order valence-corrected chi connectivity index (χ0v) is 10.2. The highest BCUT2D eigenvalue weighted by atomic mass is 15.3. The lowest BCUT2D eigenvalue weighted by Gasteiger charge is -2.32. The molecule has 0 aromatic carbocycles. The Labute approximate surface area is 97.2 Å². The van der Waals surface area contributed by atoms with Crippen LogP contribution in [0.2, 0.25) is 0 Å². The molecule has 0 radical (unpaired) electrons. The Kier molecular flexibility index (Phi) is 3.61. The van der Waals surface area contributed by atoms with Crippen LogP contribution < -0.4 is 11.3 Å². The fraction of sp³-hybridized carbons (Fsp3) is 0.750. The fourth-order valence-electron chi connectivity index (χ4n) is 2.20. The molecule has 4 heteroatoms. The maximum Gasteiger partial charge on any atom is 0.0640 e. The molecule has 16 heavy (non-hydrogen) atoms. The van der Waals surface area contributed by atoms with Crippen molar-refractivity contribution >= 4 is 0 Å². The number of hydrogen-bond donors (Lipinski definition) is 2. The van der Waals surface area contributed by atoms with Crippen LogP contribution in [0.25, 0.3) is 0 Å². The van der Waals surface area contributed by atoms with E-state index in [9.17, 15) is 0 Å². The molecule has 1 heterocycles. The number of nitrogens with zero attached hydrogens (tertiary/aromatic N) is 2. The summed E-state index contributed by atoms with van der Waals surface area (Å²) in [5.74, 6) is 6.36. The minimum atomic E-state index is 0.393. The molecule has 3 N–H and O–H groups in total. The van der Waals surface area contributed by atoms with E-state index in [1.54, 1.807) is 0 Å². The first-order valence-corrected chi connectivity index (χ1v) is 6.21. The van der Waals surface area contributed by atoms with Gasteiger partial charge >= 0.3 is 0 Å². The first kappa shape index (κ1) is 11.6. The highest BCUT2D eigenvalue weighted by Gasteiger charge is 2.27. The maximum absolute atomic E-state index is 5.61. The van der Waals surface area contributed by atoms with Crippen molar-refractivity contribution in [1.29, 1.82) is 0 Å². The number of aromatic nitrogens is 2. The highest BCUT2D eigenvalue weighted by molar-refractivity contribution is 5.03. The summed E-state index contributed by atoms with van der Waals surface area (Å²) < 4.78 is 2.00. The van der Waals surface area contributed by atoms with Crippen LogP contribution in [0.4, 0.5) is 0 Å². The maximum atomic E-state index is 5.61. The minimum Gasteiger partial charge on any atom is -0.271 e. The monoisotopic (exact) mass is 222 g/mol. The van der Waals surface area contributed by atoms with Gasteiger partial charge in [-0.2, -0.15) is 5.10 Å². The Morgan fingerprint density at radius 2 is 2.31 bits per heavy atom.